The summed E-state index contributed by atoms with van der Waals surface area (Å²) in [4.78, 5) is 11.6. The molecule has 3 aromatic rings. The first-order valence-corrected chi connectivity index (χ1v) is 8.27. The standard InChI is InChI=1S/C19H22N4/c1-13-14(2)20-15(3)21-19(13)22-9-6-10-23-17(12-22)11-16-7-4-5-8-18(16)23/h4-5,7-8,11H,6,9-10,12H2,1-3H3. The van der Waals surface area contributed by atoms with E-state index in [-0.39, 0.29) is 0 Å². The third-order valence-corrected chi connectivity index (χ3v) is 4.83. The van der Waals surface area contributed by atoms with E-state index in [2.05, 4.69) is 58.6 Å². The van der Waals surface area contributed by atoms with Gasteiger partial charge in [0, 0.05) is 35.6 Å². The lowest BCUT2D eigenvalue weighted by Crippen LogP contribution is -2.25. The maximum Gasteiger partial charge on any atom is 0.135 e. The van der Waals surface area contributed by atoms with Crippen LogP contribution in [0.5, 0.6) is 0 Å². The second-order valence-corrected chi connectivity index (χ2v) is 6.43. The molecule has 4 rings (SSSR count). The average Bonchev–Trinajstić information content (AvgIpc) is 2.74. The van der Waals surface area contributed by atoms with Crippen molar-refractivity contribution in [1.82, 2.24) is 14.5 Å². The SMILES string of the molecule is Cc1nc(C)c(C)c(N2CCCn3c(cc4ccccc43)C2)n1. The smallest absolute Gasteiger partial charge is 0.135 e. The lowest BCUT2D eigenvalue weighted by atomic mass is 10.2. The molecule has 1 aliphatic rings. The minimum atomic E-state index is 0.855. The number of benzene rings is 1. The average molecular weight is 306 g/mol. The summed E-state index contributed by atoms with van der Waals surface area (Å²) in [5.74, 6) is 1.95. The quantitative estimate of drug-likeness (QED) is 0.686. The molecular formula is C19H22N4. The van der Waals surface area contributed by atoms with Gasteiger partial charge in [-0.3, -0.25) is 0 Å². The van der Waals surface area contributed by atoms with E-state index >= 15 is 0 Å². The van der Waals surface area contributed by atoms with E-state index in [1.807, 2.05) is 6.92 Å². The van der Waals surface area contributed by atoms with Crippen LogP contribution in [-0.4, -0.2) is 21.1 Å². The van der Waals surface area contributed by atoms with E-state index in [1.165, 1.54) is 22.2 Å². The molecule has 118 valence electrons. The van der Waals surface area contributed by atoms with E-state index in [1.54, 1.807) is 0 Å². The molecule has 0 amide bonds. The molecule has 0 spiro atoms. The van der Waals surface area contributed by atoms with Gasteiger partial charge in [-0.05, 0) is 44.7 Å². The van der Waals surface area contributed by atoms with Crippen molar-refractivity contribution in [1.29, 1.82) is 0 Å². The maximum absolute atomic E-state index is 4.73. The van der Waals surface area contributed by atoms with Gasteiger partial charge in [0.25, 0.3) is 0 Å². The van der Waals surface area contributed by atoms with Crippen molar-refractivity contribution in [3.8, 4) is 0 Å². The summed E-state index contributed by atoms with van der Waals surface area (Å²) in [7, 11) is 0. The Bertz CT molecular complexity index is 878. The monoisotopic (exact) mass is 306 g/mol. The zero-order valence-corrected chi connectivity index (χ0v) is 14.0. The van der Waals surface area contributed by atoms with Crippen LogP contribution in [0.3, 0.4) is 0 Å². The normalized spacial score (nSPS) is 14.8. The topological polar surface area (TPSA) is 34.0 Å². The number of rotatable bonds is 1. The molecule has 23 heavy (non-hydrogen) atoms. The van der Waals surface area contributed by atoms with Crippen molar-refractivity contribution in [2.24, 2.45) is 0 Å². The molecule has 0 atom stereocenters. The fraction of sp³-hybridized carbons (Fsp3) is 0.368. The molecule has 1 aliphatic heterocycles. The highest BCUT2D eigenvalue weighted by Gasteiger charge is 2.20. The third-order valence-electron chi connectivity index (χ3n) is 4.83. The Morgan fingerprint density at radius 2 is 1.83 bits per heavy atom. The molecular weight excluding hydrogens is 284 g/mol. The van der Waals surface area contributed by atoms with Crippen LogP contribution >= 0.6 is 0 Å². The molecule has 1 aromatic carbocycles. The van der Waals surface area contributed by atoms with Crippen LogP contribution in [0.25, 0.3) is 10.9 Å². The second-order valence-electron chi connectivity index (χ2n) is 6.43. The minimum Gasteiger partial charge on any atom is -0.350 e. The zero-order valence-electron chi connectivity index (χ0n) is 14.0. The lowest BCUT2D eigenvalue weighted by molar-refractivity contribution is 0.679. The highest BCUT2D eigenvalue weighted by molar-refractivity contribution is 5.81. The Balaban J connectivity index is 1.78. The Morgan fingerprint density at radius 3 is 2.70 bits per heavy atom. The Hall–Kier alpha value is -2.36. The summed E-state index contributed by atoms with van der Waals surface area (Å²) in [6.45, 7) is 9.19. The van der Waals surface area contributed by atoms with Gasteiger partial charge in [-0.25, -0.2) is 9.97 Å². The molecule has 0 saturated heterocycles. The number of aryl methyl sites for hydroxylation is 3. The van der Waals surface area contributed by atoms with Crippen LogP contribution < -0.4 is 4.90 Å². The van der Waals surface area contributed by atoms with Crippen molar-refractivity contribution < 1.29 is 0 Å². The van der Waals surface area contributed by atoms with Crippen molar-refractivity contribution in [2.45, 2.75) is 40.3 Å². The number of nitrogens with zero attached hydrogens (tertiary/aromatic N) is 4. The molecule has 0 N–H and O–H groups in total. The van der Waals surface area contributed by atoms with Gasteiger partial charge in [-0.1, -0.05) is 18.2 Å². The molecule has 0 saturated carbocycles. The largest absolute Gasteiger partial charge is 0.350 e. The molecule has 4 nitrogen and oxygen atoms in total. The Kier molecular flexibility index (Phi) is 3.33. The summed E-state index contributed by atoms with van der Waals surface area (Å²) in [6, 6.07) is 11.0. The number of para-hydroxylation sites is 1. The van der Waals surface area contributed by atoms with E-state index in [4.69, 9.17) is 4.98 Å². The first-order valence-electron chi connectivity index (χ1n) is 8.27. The van der Waals surface area contributed by atoms with E-state index in [0.29, 0.717) is 0 Å². The van der Waals surface area contributed by atoms with Crippen molar-refractivity contribution in [2.75, 3.05) is 11.4 Å². The van der Waals surface area contributed by atoms with Crippen molar-refractivity contribution >= 4 is 16.7 Å². The van der Waals surface area contributed by atoms with Gasteiger partial charge in [0.05, 0.1) is 6.54 Å². The number of hydrogen-bond donors (Lipinski definition) is 0. The van der Waals surface area contributed by atoms with Crippen LogP contribution in [0, 0.1) is 20.8 Å². The highest BCUT2D eigenvalue weighted by Crippen LogP contribution is 2.28. The minimum absolute atomic E-state index is 0.855. The second kappa shape index (κ2) is 5.37. The Labute approximate surface area is 136 Å². The number of anilines is 1. The summed E-state index contributed by atoms with van der Waals surface area (Å²) in [5, 5.41) is 1.33. The van der Waals surface area contributed by atoms with E-state index < -0.39 is 0 Å². The molecule has 4 heteroatoms. The summed E-state index contributed by atoms with van der Waals surface area (Å²) >= 11 is 0. The van der Waals surface area contributed by atoms with Crippen LogP contribution in [0.2, 0.25) is 0 Å². The fourth-order valence-electron chi connectivity index (χ4n) is 3.60. The number of fused-ring (bicyclic) bond motifs is 3. The van der Waals surface area contributed by atoms with Gasteiger partial charge < -0.3 is 9.47 Å². The fourth-order valence-corrected chi connectivity index (χ4v) is 3.60. The van der Waals surface area contributed by atoms with Crippen LogP contribution in [0.1, 0.15) is 29.2 Å². The lowest BCUT2D eigenvalue weighted by Gasteiger charge is -2.24. The summed E-state index contributed by atoms with van der Waals surface area (Å²) in [5.41, 5.74) is 4.99. The van der Waals surface area contributed by atoms with Crippen LogP contribution in [0.4, 0.5) is 5.82 Å². The molecule has 0 bridgehead atoms. The van der Waals surface area contributed by atoms with Gasteiger partial charge in [0.2, 0.25) is 0 Å². The van der Waals surface area contributed by atoms with E-state index in [9.17, 15) is 0 Å². The highest BCUT2D eigenvalue weighted by atomic mass is 15.2. The van der Waals surface area contributed by atoms with Gasteiger partial charge in [-0.2, -0.15) is 0 Å². The van der Waals surface area contributed by atoms with Crippen molar-refractivity contribution in [3.05, 3.63) is 53.1 Å². The predicted octanol–water partition coefficient (Wildman–Crippen LogP) is 3.77. The van der Waals surface area contributed by atoms with Crippen LogP contribution in [0.15, 0.2) is 30.3 Å². The van der Waals surface area contributed by atoms with Gasteiger partial charge in [0.1, 0.15) is 11.6 Å². The summed E-state index contributed by atoms with van der Waals surface area (Å²) in [6.07, 6.45) is 1.13. The number of aromatic nitrogens is 3. The van der Waals surface area contributed by atoms with Crippen LogP contribution in [-0.2, 0) is 13.1 Å². The molecule has 0 radical (unpaired) electrons. The first-order chi connectivity index (χ1) is 11.1. The molecule has 0 fully saturated rings. The predicted molar refractivity (Wildman–Crippen MR) is 93.8 cm³/mol. The summed E-state index contributed by atoms with van der Waals surface area (Å²) < 4.78 is 2.46. The molecule has 0 aliphatic carbocycles. The van der Waals surface area contributed by atoms with Gasteiger partial charge in [0.15, 0.2) is 0 Å². The van der Waals surface area contributed by atoms with Gasteiger partial charge in [-0.15, -0.1) is 0 Å². The molecule has 0 unspecified atom stereocenters. The van der Waals surface area contributed by atoms with Crippen molar-refractivity contribution in [3.63, 3.8) is 0 Å². The van der Waals surface area contributed by atoms with E-state index in [0.717, 1.165) is 43.4 Å². The number of hydrogen-bond acceptors (Lipinski definition) is 3. The van der Waals surface area contributed by atoms with Gasteiger partial charge >= 0.3 is 0 Å². The first kappa shape index (κ1) is 14.2. The molecule has 2 aromatic heterocycles. The zero-order chi connectivity index (χ0) is 16.0. The molecule has 3 heterocycles. The third kappa shape index (κ3) is 2.38. The Morgan fingerprint density at radius 1 is 1.00 bits per heavy atom. The maximum atomic E-state index is 4.73.